The van der Waals surface area contributed by atoms with Gasteiger partial charge < -0.3 is 14.5 Å². The number of amides is 1. The zero-order valence-electron chi connectivity index (χ0n) is 18.4. The van der Waals surface area contributed by atoms with E-state index in [1.807, 2.05) is 49.4 Å². The van der Waals surface area contributed by atoms with Gasteiger partial charge in [-0.2, -0.15) is 10.4 Å². The van der Waals surface area contributed by atoms with E-state index in [2.05, 4.69) is 5.32 Å². The van der Waals surface area contributed by atoms with Crippen molar-refractivity contribution in [2.45, 2.75) is 13.5 Å². The highest BCUT2D eigenvalue weighted by atomic mass is 35.5. The van der Waals surface area contributed by atoms with Crippen molar-refractivity contribution in [3.8, 4) is 28.8 Å². The van der Waals surface area contributed by atoms with Crippen molar-refractivity contribution in [2.75, 3.05) is 6.61 Å². The quantitative estimate of drug-likeness (QED) is 0.273. The SMILES string of the molecule is CCOc1ccc(-c2nn(-c3ccccc3)cc2C=C(C#N)C(=O)NCc2ccco2)cc1Cl. The zero-order chi connectivity index (χ0) is 23.9. The van der Waals surface area contributed by atoms with Crippen molar-refractivity contribution < 1.29 is 13.9 Å². The third-order valence-electron chi connectivity index (χ3n) is 4.94. The van der Waals surface area contributed by atoms with Crippen molar-refractivity contribution in [1.82, 2.24) is 15.1 Å². The van der Waals surface area contributed by atoms with E-state index in [9.17, 15) is 10.1 Å². The number of benzene rings is 2. The van der Waals surface area contributed by atoms with E-state index in [0.717, 1.165) is 11.3 Å². The van der Waals surface area contributed by atoms with Crippen LogP contribution < -0.4 is 10.1 Å². The van der Waals surface area contributed by atoms with Crippen molar-refractivity contribution in [2.24, 2.45) is 0 Å². The number of nitrogens with zero attached hydrogens (tertiary/aromatic N) is 3. The van der Waals surface area contributed by atoms with Crippen LogP contribution in [0.1, 0.15) is 18.2 Å². The molecule has 0 unspecified atom stereocenters. The molecule has 0 bridgehead atoms. The molecular weight excluding hydrogens is 452 g/mol. The molecule has 4 rings (SSSR count). The Bertz CT molecular complexity index is 1350. The molecule has 8 heteroatoms. The van der Waals surface area contributed by atoms with Gasteiger partial charge in [-0.3, -0.25) is 4.79 Å². The third kappa shape index (κ3) is 5.20. The molecule has 0 saturated heterocycles. The maximum absolute atomic E-state index is 12.7. The number of aromatic nitrogens is 2. The van der Waals surface area contributed by atoms with Crippen LogP contribution in [0.15, 0.2) is 83.1 Å². The maximum atomic E-state index is 12.7. The van der Waals surface area contributed by atoms with Crippen LogP contribution >= 0.6 is 11.6 Å². The van der Waals surface area contributed by atoms with E-state index in [0.29, 0.717) is 34.4 Å². The van der Waals surface area contributed by atoms with Gasteiger partial charge in [-0.1, -0.05) is 29.8 Å². The lowest BCUT2D eigenvalue weighted by molar-refractivity contribution is -0.117. The molecule has 2 heterocycles. The molecule has 0 atom stereocenters. The van der Waals surface area contributed by atoms with Crippen molar-refractivity contribution >= 4 is 23.6 Å². The smallest absolute Gasteiger partial charge is 0.262 e. The molecule has 0 spiro atoms. The highest BCUT2D eigenvalue weighted by Gasteiger charge is 2.16. The Kier molecular flexibility index (Phi) is 7.11. The number of ether oxygens (including phenoxy) is 1. The average molecular weight is 473 g/mol. The Morgan fingerprint density at radius 2 is 2.06 bits per heavy atom. The first kappa shape index (κ1) is 22.9. The number of carbonyl (C=O) groups is 1. The lowest BCUT2D eigenvalue weighted by Gasteiger charge is -2.07. The molecule has 1 amide bonds. The fourth-order valence-corrected chi connectivity index (χ4v) is 3.57. The Labute approximate surface area is 201 Å². The minimum atomic E-state index is -0.512. The van der Waals surface area contributed by atoms with Crippen LogP contribution in [0.2, 0.25) is 5.02 Å². The van der Waals surface area contributed by atoms with Crippen LogP contribution in [0.3, 0.4) is 0 Å². The number of para-hydroxylation sites is 1. The molecule has 2 aromatic heterocycles. The fourth-order valence-electron chi connectivity index (χ4n) is 3.33. The molecule has 0 aliphatic rings. The number of hydrogen-bond donors (Lipinski definition) is 1. The van der Waals surface area contributed by atoms with E-state index in [-0.39, 0.29) is 12.1 Å². The monoisotopic (exact) mass is 472 g/mol. The molecule has 7 nitrogen and oxygen atoms in total. The van der Waals surface area contributed by atoms with Crippen LogP contribution in [0.4, 0.5) is 0 Å². The second-order valence-corrected chi connectivity index (χ2v) is 7.63. The van der Waals surface area contributed by atoms with Gasteiger partial charge in [-0.15, -0.1) is 0 Å². The van der Waals surface area contributed by atoms with E-state index in [1.54, 1.807) is 35.1 Å². The van der Waals surface area contributed by atoms with Crippen LogP contribution in [0, 0.1) is 11.3 Å². The zero-order valence-corrected chi connectivity index (χ0v) is 19.1. The molecular formula is C26H21ClN4O3. The standard InChI is InChI=1S/C26H21ClN4O3/c1-2-33-24-11-10-18(14-23(24)27)25-20(17-31(30-25)21-7-4-3-5-8-21)13-19(15-28)26(32)29-16-22-9-6-12-34-22/h3-14,17H,2,16H2,1H3,(H,29,32). The second-order valence-electron chi connectivity index (χ2n) is 7.22. The van der Waals surface area contributed by atoms with E-state index in [1.165, 1.54) is 12.3 Å². The summed E-state index contributed by atoms with van der Waals surface area (Å²) in [4.78, 5) is 12.7. The summed E-state index contributed by atoms with van der Waals surface area (Å²) in [7, 11) is 0. The Morgan fingerprint density at radius 1 is 1.24 bits per heavy atom. The van der Waals surface area contributed by atoms with Crippen LogP contribution in [0.5, 0.6) is 5.75 Å². The number of rotatable bonds is 8. The predicted molar refractivity (Wildman–Crippen MR) is 129 cm³/mol. The van der Waals surface area contributed by atoms with Gasteiger partial charge in [0.1, 0.15) is 28.8 Å². The molecule has 1 N–H and O–H groups in total. The van der Waals surface area contributed by atoms with Crippen LogP contribution in [0.25, 0.3) is 23.0 Å². The predicted octanol–water partition coefficient (Wildman–Crippen LogP) is 5.41. The highest BCUT2D eigenvalue weighted by molar-refractivity contribution is 6.32. The van der Waals surface area contributed by atoms with Gasteiger partial charge in [-0.25, -0.2) is 4.68 Å². The molecule has 0 fully saturated rings. The minimum Gasteiger partial charge on any atom is -0.492 e. The molecule has 4 aromatic rings. The number of furan rings is 1. The van der Waals surface area contributed by atoms with Gasteiger partial charge in [-0.05, 0) is 55.5 Å². The molecule has 0 aliphatic carbocycles. The summed E-state index contributed by atoms with van der Waals surface area (Å²) in [6.07, 6.45) is 4.81. The van der Waals surface area contributed by atoms with Gasteiger partial charge in [0.25, 0.3) is 5.91 Å². The number of carbonyl (C=O) groups excluding carboxylic acids is 1. The van der Waals surface area contributed by atoms with Gasteiger partial charge in [0, 0.05) is 17.3 Å². The van der Waals surface area contributed by atoms with Crippen LogP contribution in [-0.4, -0.2) is 22.3 Å². The summed E-state index contributed by atoms with van der Waals surface area (Å²) in [5.74, 6) is 0.650. The number of hydrogen-bond acceptors (Lipinski definition) is 5. The Morgan fingerprint density at radius 3 is 2.74 bits per heavy atom. The Hall–Kier alpha value is -4.28. The molecule has 2 aromatic carbocycles. The third-order valence-corrected chi connectivity index (χ3v) is 5.23. The van der Waals surface area contributed by atoms with Gasteiger partial charge >= 0.3 is 0 Å². The largest absolute Gasteiger partial charge is 0.492 e. The van der Waals surface area contributed by atoms with Gasteiger partial charge in [0.2, 0.25) is 0 Å². The molecule has 0 saturated carbocycles. The number of nitrogens with one attached hydrogen (secondary N) is 1. The van der Waals surface area contributed by atoms with Gasteiger partial charge in [0.15, 0.2) is 0 Å². The summed E-state index contributed by atoms with van der Waals surface area (Å²) in [6.45, 7) is 2.55. The maximum Gasteiger partial charge on any atom is 0.262 e. The lowest BCUT2D eigenvalue weighted by atomic mass is 10.1. The van der Waals surface area contributed by atoms with Crippen molar-refractivity contribution in [1.29, 1.82) is 5.26 Å². The first-order valence-electron chi connectivity index (χ1n) is 10.6. The first-order valence-corrected chi connectivity index (χ1v) is 11.0. The van der Waals surface area contributed by atoms with E-state index < -0.39 is 5.91 Å². The van der Waals surface area contributed by atoms with Gasteiger partial charge in [0.05, 0.1) is 30.1 Å². The topological polar surface area (TPSA) is 93.1 Å². The highest BCUT2D eigenvalue weighted by Crippen LogP contribution is 2.32. The molecule has 170 valence electrons. The minimum absolute atomic E-state index is 0.0579. The normalized spacial score (nSPS) is 11.1. The lowest BCUT2D eigenvalue weighted by Crippen LogP contribution is -2.23. The second kappa shape index (κ2) is 10.6. The summed E-state index contributed by atoms with van der Waals surface area (Å²) < 4.78 is 12.5. The van der Waals surface area contributed by atoms with E-state index >= 15 is 0 Å². The van der Waals surface area contributed by atoms with E-state index in [4.69, 9.17) is 25.9 Å². The average Bonchev–Trinajstić information content (AvgIpc) is 3.53. The number of halogens is 1. The Balaban J connectivity index is 1.72. The fraction of sp³-hybridized carbons (Fsp3) is 0.115. The summed E-state index contributed by atoms with van der Waals surface area (Å²) in [6, 6.07) is 20.4. The summed E-state index contributed by atoms with van der Waals surface area (Å²) in [5, 5.41) is 17.5. The molecule has 0 aliphatic heterocycles. The molecule has 34 heavy (non-hydrogen) atoms. The number of nitriles is 1. The molecule has 0 radical (unpaired) electrons. The summed E-state index contributed by atoms with van der Waals surface area (Å²) in [5.41, 5.74) is 2.66. The summed E-state index contributed by atoms with van der Waals surface area (Å²) >= 11 is 6.41. The first-order chi connectivity index (χ1) is 16.6. The van der Waals surface area contributed by atoms with Crippen LogP contribution in [-0.2, 0) is 11.3 Å². The van der Waals surface area contributed by atoms with Crippen molar-refractivity contribution in [3.63, 3.8) is 0 Å². The van der Waals surface area contributed by atoms with Crippen molar-refractivity contribution in [3.05, 3.63) is 95.0 Å².